The van der Waals surface area contributed by atoms with Crippen LogP contribution in [0.1, 0.15) is 39.2 Å². The van der Waals surface area contributed by atoms with Gasteiger partial charge in [-0.05, 0) is 47.9 Å². The largest absolute Gasteiger partial charge is 0.497 e. The fourth-order valence-corrected chi connectivity index (χ4v) is 6.02. The van der Waals surface area contributed by atoms with Crippen molar-refractivity contribution in [3.8, 4) is 5.75 Å². The van der Waals surface area contributed by atoms with Gasteiger partial charge in [-0.25, -0.2) is 4.98 Å². The number of aromatic amines is 1. The average Bonchev–Trinajstić information content (AvgIpc) is 3.56. The van der Waals surface area contributed by atoms with Crippen LogP contribution in [0.15, 0.2) is 91.4 Å². The molecular formula is C35H37N5O6. The predicted molar refractivity (Wildman–Crippen MR) is 170 cm³/mol. The van der Waals surface area contributed by atoms with Crippen molar-refractivity contribution >= 4 is 23.7 Å². The number of nitrogens with zero attached hydrogens (tertiary/aromatic N) is 2. The van der Waals surface area contributed by atoms with Crippen LogP contribution in [-0.2, 0) is 32.6 Å². The molecule has 238 valence electrons. The Morgan fingerprint density at radius 2 is 1.63 bits per heavy atom. The van der Waals surface area contributed by atoms with Crippen LogP contribution in [0.5, 0.6) is 5.75 Å². The topological polar surface area (TPSA) is 154 Å². The lowest BCUT2D eigenvalue weighted by Crippen LogP contribution is -2.66. The molecule has 0 radical (unpaired) electrons. The van der Waals surface area contributed by atoms with Gasteiger partial charge >= 0.3 is 5.97 Å². The maximum Gasteiger partial charge on any atom is 0.304 e. The van der Waals surface area contributed by atoms with Crippen molar-refractivity contribution in [3.05, 3.63) is 119 Å². The molecule has 3 aromatic carbocycles. The molecule has 3 amide bonds. The summed E-state index contributed by atoms with van der Waals surface area (Å²) in [5, 5.41) is 15.5. The monoisotopic (exact) mass is 623 g/mol. The molecule has 1 aliphatic rings. The number of ether oxygens (including phenoxy) is 1. The zero-order valence-corrected chi connectivity index (χ0v) is 25.7. The lowest BCUT2D eigenvalue weighted by Gasteiger charge is -2.51. The molecule has 0 spiro atoms. The molecule has 4 aromatic rings. The minimum atomic E-state index is -1.03. The molecule has 11 heteroatoms. The van der Waals surface area contributed by atoms with Gasteiger partial charge in [-0.1, -0.05) is 54.6 Å². The van der Waals surface area contributed by atoms with Crippen molar-refractivity contribution in [1.29, 1.82) is 0 Å². The van der Waals surface area contributed by atoms with E-state index in [1.165, 1.54) is 6.33 Å². The van der Waals surface area contributed by atoms with Crippen LogP contribution in [0.2, 0.25) is 0 Å². The van der Waals surface area contributed by atoms with Crippen molar-refractivity contribution < 1.29 is 29.0 Å². The Kier molecular flexibility index (Phi) is 9.80. The summed E-state index contributed by atoms with van der Waals surface area (Å²) in [7, 11) is 1.56. The van der Waals surface area contributed by atoms with Crippen LogP contribution in [0, 0.1) is 6.92 Å². The van der Waals surface area contributed by atoms with Gasteiger partial charge in [-0.2, -0.15) is 0 Å². The number of hydrogen-bond donors (Lipinski definition) is 4. The van der Waals surface area contributed by atoms with Crippen molar-refractivity contribution in [2.45, 2.75) is 43.7 Å². The smallest absolute Gasteiger partial charge is 0.304 e. The molecule has 1 aromatic heterocycles. The highest BCUT2D eigenvalue weighted by atomic mass is 16.5. The number of aliphatic carboxylic acids is 1. The number of carbonyl (C=O) groups is 4. The summed E-state index contributed by atoms with van der Waals surface area (Å²) in [6.07, 6.45) is 3.26. The number of carboxylic acids is 1. The van der Waals surface area contributed by atoms with Gasteiger partial charge in [0, 0.05) is 43.1 Å². The number of nitrogens with one attached hydrogen (secondary N) is 3. The van der Waals surface area contributed by atoms with Crippen LogP contribution < -0.4 is 15.4 Å². The van der Waals surface area contributed by atoms with Crippen molar-refractivity contribution in [3.63, 3.8) is 0 Å². The second kappa shape index (κ2) is 14.1. The van der Waals surface area contributed by atoms with Crippen LogP contribution in [0.3, 0.4) is 0 Å². The summed E-state index contributed by atoms with van der Waals surface area (Å²) in [5.74, 6) is -1.62. The lowest BCUT2D eigenvalue weighted by atomic mass is 9.69. The molecule has 1 saturated heterocycles. The number of rotatable bonds is 13. The minimum Gasteiger partial charge on any atom is -0.497 e. The Morgan fingerprint density at radius 3 is 2.26 bits per heavy atom. The lowest BCUT2D eigenvalue weighted by molar-refractivity contribution is -0.149. The number of likely N-dealkylation sites (tertiary alicyclic amines) is 1. The van der Waals surface area contributed by atoms with E-state index in [9.17, 15) is 24.3 Å². The number of H-pyrrole nitrogens is 1. The molecule has 46 heavy (non-hydrogen) atoms. The molecule has 1 fully saturated rings. The van der Waals surface area contributed by atoms with Crippen molar-refractivity contribution in [2.24, 2.45) is 0 Å². The highest BCUT2D eigenvalue weighted by Gasteiger charge is 2.49. The fraction of sp³-hybridized carbons (Fsp3) is 0.286. The van der Waals surface area contributed by atoms with Gasteiger partial charge in [0.15, 0.2) is 0 Å². The van der Waals surface area contributed by atoms with Crippen LogP contribution in [0.25, 0.3) is 0 Å². The van der Waals surface area contributed by atoms with E-state index in [1.54, 1.807) is 60.7 Å². The van der Waals surface area contributed by atoms with Gasteiger partial charge in [-0.3, -0.25) is 19.2 Å². The number of carboxylic acid groups (broad SMARTS) is 1. The second-order valence-corrected chi connectivity index (χ2v) is 11.6. The Morgan fingerprint density at radius 1 is 0.935 bits per heavy atom. The molecule has 5 rings (SSSR count). The second-order valence-electron chi connectivity index (χ2n) is 11.6. The SMILES string of the molecule is COc1ccc(C[C@H](NC(=O)[C@H](Cc2c[nH]cn2)NC(=O)c2ccccc2)C(=O)N2CC(CC(=O)O)(c3ccccc3C)C2)cc1. The van der Waals surface area contributed by atoms with E-state index in [0.717, 1.165) is 16.7 Å². The summed E-state index contributed by atoms with van der Waals surface area (Å²) >= 11 is 0. The maximum atomic E-state index is 14.1. The van der Waals surface area contributed by atoms with Gasteiger partial charge in [0.1, 0.15) is 17.8 Å². The summed E-state index contributed by atoms with van der Waals surface area (Å²) in [4.78, 5) is 61.7. The molecule has 1 aliphatic heterocycles. The number of hydrogen-bond acceptors (Lipinski definition) is 6. The molecular weight excluding hydrogens is 586 g/mol. The number of amides is 3. The first-order valence-electron chi connectivity index (χ1n) is 15.0. The maximum absolute atomic E-state index is 14.1. The van der Waals surface area contributed by atoms with Gasteiger partial charge in [-0.15, -0.1) is 0 Å². The van der Waals surface area contributed by atoms with E-state index in [1.807, 2.05) is 43.3 Å². The van der Waals surface area contributed by atoms with Gasteiger partial charge in [0.05, 0.1) is 25.6 Å². The van der Waals surface area contributed by atoms with Gasteiger partial charge in [0.25, 0.3) is 5.91 Å². The average molecular weight is 624 g/mol. The summed E-state index contributed by atoms with van der Waals surface area (Å²) in [6.45, 7) is 2.32. The molecule has 2 heterocycles. The standard InChI is InChI=1S/C35H37N5O6/c1-23-8-6-7-11-28(23)35(18-31(41)42)20-40(21-35)34(45)30(16-24-12-14-27(46-2)15-13-24)39-33(44)29(17-26-19-36-22-37-26)38-32(43)25-9-4-3-5-10-25/h3-15,19,22,29-30H,16-18,20-21H2,1-2H3,(H,36,37)(H,38,43)(H,39,44)(H,41,42)/t29-,30-/m0/s1. The number of aromatic nitrogens is 2. The van der Waals surface area contributed by atoms with Crippen molar-refractivity contribution in [2.75, 3.05) is 20.2 Å². The summed E-state index contributed by atoms with van der Waals surface area (Å²) in [5.41, 5.74) is 2.83. The number of carbonyl (C=O) groups excluding carboxylic acids is 3. The molecule has 0 unspecified atom stereocenters. The quantitative estimate of drug-likeness (QED) is 0.179. The van der Waals surface area contributed by atoms with E-state index in [4.69, 9.17) is 4.74 Å². The molecule has 4 N–H and O–H groups in total. The minimum absolute atomic E-state index is 0.0933. The Hall–Kier alpha value is -5.45. The third kappa shape index (κ3) is 7.43. The number of imidazole rings is 1. The number of aryl methyl sites for hydroxylation is 1. The normalized spacial score (nSPS) is 14.8. The molecule has 0 saturated carbocycles. The third-order valence-electron chi connectivity index (χ3n) is 8.34. The molecule has 11 nitrogen and oxygen atoms in total. The Bertz CT molecular complexity index is 1670. The first-order chi connectivity index (χ1) is 22.2. The predicted octanol–water partition coefficient (Wildman–Crippen LogP) is 3.05. The first-order valence-corrected chi connectivity index (χ1v) is 15.0. The highest BCUT2D eigenvalue weighted by Crippen LogP contribution is 2.40. The van der Waals surface area contributed by atoms with E-state index in [0.29, 0.717) is 17.0 Å². The van der Waals surface area contributed by atoms with Gasteiger partial charge < -0.3 is 30.4 Å². The molecule has 2 atom stereocenters. The molecule has 0 aliphatic carbocycles. The Balaban J connectivity index is 1.39. The van der Waals surface area contributed by atoms with Crippen LogP contribution in [0.4, 0.5) is 0 Å². The summed E-state index contributed by atoms with van der Waals surface area (Å²) in [6, 6.07) is 21.3. The van der Waals surface area contributed by atoms with E-state index in [-0.39, 0.29) is 38.3 Å². The first kappa shape index (κ1) is 32.0. The number of benzene rings is 3. The van der Waals surface area contributed by atoms with E-state index in [2.05, 4.69) is 20.6 Å². The van der Waals surface area contributed by atoms with Crippen LogP contribution in [-0.4, -0.2) is 75.9 Å². The van der Waals surface area contributed by atoms with Crippen molar-refractivity contribution in [1.82, 2.24) is 25.5 Å². The third-order valence-corrected chi connectivity index (χ3v) is 8.34. The number of methoxy groups -OCH3 is 1. The van der Waals surface area contributed by atoms with Gasteiger partial charge in [0.2, 0.25) is 11.8 Å². The fourth-order valence-electron chi connectivity index (χ4n) is 6.02. The highest BCUT2D eigenvalue weighted by molar-refractivity contribution is 5.98. The zero-order chi connectivity index (χ0) is 32.7. The molecule has 0 bridgehead atoms. The van der Waals surface area contributed by atoms with Crippen LogP contribution >= 0.6 is 0 Å². The van der Waals surface area contributed by atoms with E-state index < -0.39 is 35.3 Å². The zero-order valence-electron chi connectivity index (χ0n) is 25.7. The Labute approximate surface area is 267 Å². The van der Waals surface area contributed by atoms with E-state index >= 15 is 0 Å². The summed E-state index contributed by atoms with van der Waals surface area (Å²) < 4.78 is 5.27.